The van der Waals surface area contributed by atoms with Crippen LogP contribution in [-0.4, -0.2) is 5.91 Å². The Morgan fingerprint density at radius 2 is 2.33 bits per heavy atom. The lowest BCUT2D eigenvalue weighted by Gasteiger charge is -1.98. The lowest BCUT2D eigenvalue weighted by atomic mass is 10.2. The number of benzene rings is 1. The molecule has 0 saturated carbocycles. The van der Waals surface area contributed by atoms with E-state index in [1.54, 1.807) is 18.2 Å². The van der Waals surface area contributed by atoms with Crippen LogP contribution in [0.3, 0.4) is 0 Å². The Hall–Kier alpha value is -1.86. The maximum atomic E-state index is 10.9. The maximum Gasteiger partial charge on any atom is 0.263 e. The first kappa shape index (κ1) is 8.24. The van der Waals surface area contributed by atoms with Crippen LogP contribution in [0.15, 0.2) is 24.3 Å². The number of hydrogen-bond donors (Lipinski definition) is 2. The largest absolute Gasteiger partial charge is 0.290 e. The summed E-state index contributed by atoms with van der Waals surface area (Å²) in [6, 6.07) is 6.34. The van der Waals surface area contributed by atoms with Crippen molar-refractivity contribution in [3.8, 4) is 0 Å². The Bertz CT molecular complexity index is 340. The van der Waals surface area contributed by atoms with Crippen molar-refractivity contribution in [3.05, 3.63) is 41.2 Å². The van der Waals surface area contributed by atoms with Crippen LogP contribution in [0.2, 0.25) is 0 Å². The van der Waals surface area contributed by atoms with Crippen LogP contribution >= 0.6 is 0 Å². The van der Waals surface area contributed by atoms with E-state index in [1.165, 1.54) is 6.07 Å². The zero-order valence-corrected chi connectivity index (χ0v) is 6.24. The van der Waals surface area contributed by atoms with Crippen LogP contribution in [0.4, 0.5) is 5.69 Å². The second-order valence-corrected chi connectivity index (χ2v) is 2.14. The molecule has 0 atom stereocenters. The Balaban J connectivity index is 3.04. The lowest BCUT2D eigenvalue weighted by Crippen LogP contribution is -2.29. The van der Waals surface area contributed by atoms with Crippen molar-refractivity contribution in [2.45, 2.75) is 0 Å². The van der Waals surface area contributed by atoms with Crippen molar-refractivity contribution in [2.24, 2.45) is 5.84 Å². The molecular weight excluding hydrogens is 154 g/mol. The fourth-order valence-electron chi connectivity index (χ4n) is 0.800. The van der Waals surface area contributed by atoms with Crippen molar-refractivity contribution in [3.63, 3.8) is 0 Å². The van der Waals surface area contributed by atoms with Gasteiger partial charge in [-0.1, -0.05) is 18.2 Å². The van der Waals surface area contributed by atoms with Crippen LogP contribution in [0, 0.1) is 6.57 Å². The first-order chi connectivity index (χ1) is 5.77. The SMILES string of the molecule is [C-]#[N+]c1cccc(C(=O)NN)c1. The van der Waals surface area contributed by atoms with E-state index in [0.717, 1.165) is 0 Å². The van der Waals surface area contributed by atoms with Gasteiger partial charge in [-0.2, -0.15) is 0 Å². The highest BCUT2D eigenvalue weighted by atomic mass is 16.2. The summed E-state index contributed by atoms with van der Waals surface area (Å²) in [7, 11) is 0. The molecule has 0 aliphatic heterocycles. The van der Waals surface area contributed by atoms with Crippen molar-refractivity contribution in [1.29, 1.82) is 0 Å². The zero-order chi connectivity index (χ0) is 8.97. The van der Waals surface area contributed by atoms with E-state index in [-0.39, 0.29) is 5.91 Å². The van der Waals surface area contributed by atoms with E-state index in [9.17, 15) is 4.79 Å². The number of hydrazine groups is 1. The number of amides is 1. The number of nitrogens with two attached hydrogens (primary N) is 1. The van der Waals surface area contributed by atoms with E-state index >= 15 is 0 Å². The lowest BCUT2D eigenvalue weighted by molar-refractivity contribution is 0.0953. The van der Waals surface area contributed by atoms with Crippen LogP contribution < -0.4 is 11.3 Å². The summed E-state index contributed by atoms with van der Waals surface area (Å²) in [6.07, 6.45) is 0. The molecule has 1 aromatic rings. The smallest absolute Gasteiger partial charge is 0.263 e. The van der Waals surface area contributed by atoms with Gasteiger partial charge in [0.1, 0.15) is 0 Å². The minimum absolute atomic E-state index is 0.388. The number of nitrogen functional groups attached to an aromatic ring is 1. The monoisotopic (exact) mass is 161 g/mol. The molecule has 0 aliphatic rings. The second kappa shape index (κ2) is 3.51. The number of hydrogen-bond acceptors (Lipinski definition) is 2. The Kier molecular flexibility index (Phi) is 2.41. The minimum atomic E-state index is -0.388. The van der Waals surface area contributed by atoms with E-state index in [2.05, 4.69) is 4.85 Å². The predicted octanol–water partition coefficient (Wildman–Crippen LogP) is 0.841. The molecular formula is C8H7N3O. The van der Waals surface area contributed by atoms with E-state index < -0.39 is 0 Å². The fraction of sp³-hybridized carbons (Fsp3) is 0. The van der Waals surface area contributed by atoms with Crippen molar-refractivity contribution in [2.75, 3.05) is 0 Å². The van der Waals surface area contributed by atoms with Gasteiger partial charge in [0.15, 0.2) is 5.69 Å². The first-order valence-corrected chi connectivity index (χ1v) is 3.26. The third kappa shape index (κ3) is 1.59. The van der Waals surface area contributed by atoms with Gasteiger partial charge in [0.05, 0.1) is 6.57 Å². The van der Waals surface area contributed by atoms with Gasteiger partial charge in [-0.15, -0.1) is 0 Å². The average Bonchev–Trinajstić information content (AvgIpc) is 2.17. The number of rotatable bonds is 1. The summed E-state index contributed by atoms with van der Waals surface area (Å²) in [5, 5.41) is 0. The highest BCUT2D eigenvalue weighted by Gasteiger charge is 2.02. The van der Waals surface area contributed by atoms with Gasteiger partial charge in [0.2, 0.25) is 0 Å². The maximum absolute atomic E-state index is 10.9. The fourth-order valence-corrected chi connectivity index (χ4v) is 0.800. The molecule has 0 bridgehead atoms. The van der Waals surface area contributed by atoms with Gasteiger partial charge < -0.3 is 0 Å². The van der Waals surface area contributed by atoms with Gasteiger partial charge in [0.25, 0.3) is 5.91 Å². The summed E-state index contributed by atoms with van der Waals surface area (Å²) in [6.45, 7) is 6.70. The summed E-state index contributed by atoms with van der Waals surface area (Å²) < 4.78 is 0. The summed E-state index contributed by atoms with van der Waals surface area (Å²) >= 11 is 0. The quantitative estimate of drug-likeness (QED) is 0.277. The molecule has 0 spiro atoms. The normalized spacial score (nSPS) is 8.67. The molecule has 3 N–H and O–H groups in total. The third-order valence-corrected chi connectivity index (χ3v) is 1.37. The standard InChI is InChI=1S/C8H7N3O/c1-10-7-4-2-3-6(5-7)8(12)11-9/h2-5H,9H2,(H,11,12). The number of carbonyl (C=O) groups excluding carboxylic acids is 1. The molecule has 4 nitrogen and oxygen atoms in total. The molecule has 60 valence electrons. The molecule has 0 unspecified atom stereocenters. The van der Waals surface area contributed by atoms with Crippen LogP contribution in [0.5, 0.6) is 0 Å². The topological polar surface area (TPSA) is 59.5 Å². The zero-order valence-electron chi connectivity index (χ0n) is 6.24. The van der Waals surface area contributed by atoms with Crippen molar-refractivity contribution < 1.29 is 4.79 Å². The molecule has 0 aromatic heterocycles. The molecule has 0 heterocycles. The molecule has 0 aliphatic carbocycles. The van der Waals surface area contributed by atoms with Gasteiger partial charge in [-0.3, -0.25) is 10.2 Å². The summed E-state index contributed by atoms with van der Waals surface area (Å²) in [5.74, 6) is 4.53. The molecule has 1 rings (SSSR count). The van der Waals surface area contributed by atoms with Crippen molar-refractivity contribution in [1.82, 2.24) is 5.43 Å². The van der Waals surface area contributed by atoms with Gasteiger partial charge in [-0.05, 0) is 6.07 Å². The van der Waals surface area contributed by atoms with E-state index in [1.807, 2.05) is 5.43 Å². The summed E-state index contributed by atoms with van der Waals surface area (Å²) in [5.41, 5.74) is 2.81. The van der Waals surface area contributed by atoms with Gasteiger partial charge in [0, 0.05) is 5.56 Å². The van der Waals surface area contributed by atoms with Crippen LogP contribution in [-0.2, 0) is 0 Å². The highest BCUT2D eigenvalue weighted by Crippen LogP contribution is 2.13. The number of nitrogens with zero attached hydrogens (tertiary/aromatic N) is 1. The number of carbonyl (C=O) groups is 1. The van der Waals surface area contributed by atoms with E-state index in [0.29, 0.717) is 11.3 Å². The molecule has 1 amide bonds. The highest BCUT2D eigenvalue weighted by molar-refractivity contribution is 5.94. The second-order valence-electron chi connectivity index (χ2n) is 2.14. The third-order valence-electron chi connectivity index (χ3n) is 1.37. The van der Waals surface area contributed by atoms with Gasteiger partial charge in [-0.25, -0.2) is 10.7 Å². The van der Waals surface area contributed by atoms with E-state index in [4.69, 9.17) is 12.4 Å². The molecule has 0 fully saturated rings. The summed E-state index contributed by atoms with van der Waals surface area (Å²) in [4.78, 5) is 14.1. The van der Waals surface area contributed by atoms with Crippen LogP contribution in [0.1, 0.15) is 10.4 Å². The Morgan fingerprint density at radius 1 is 1.58 bits per heavy atom. The average molecular weight is 161 g/mol. The molecule has 1 aromatic carbocycles. The van der Waals surface area contributed by atoms with Crippen molar-refractivity contribution >= 4 is 11.6 Å². The Morgan fingerprint density at radius 3 is 2.92 bits per heavy atom. The minimum Gasteiger partial charge on any atom is -0.290 e. The molecule has 0 saturated heterocycles. The predicted molar refractivity (Wildman–Crippen MR) is 44.4 cm³/mol. The Labute approximate surface area is 69.8 Å². The molecule has 0 radical (unpaired) electrons. The number of nitrogens with one attached hydrogen (secondary N) is 1. The molecule has 12 heavy (non-hydrogen) atoms. The first-order valence-electron chi connectivity index (χ1n) is 3.26. The molecule has 4 heteroatoms. The van der Waals surface area contributed by atoms with Crippen LogP contribution in [0.25, 0.3) is 4.85 Å². The van der Waals surface area contributed by atoms with Gasteiger partial charge >= 0.3 is 0 Å².